The van der Waals surface area contributed by atoms with E-state index in [1.165, 1.54) is 16.9 Å². The fourth-order valence-electron chi connectivity index (χ4n) is 2.61. The Morgan fingerprint density at radius 1 is 1.41 bits per heavy atom. The Morgan fingerprint density at radius 2 is 2.11 bits per heavy atom. The summed E-state index contributed by atoms with van der Waals surface area (Å²) in [7, 11) is 0. The van der Waals surface area contributed by atoms with E-state index in [0.29, 0.717) is 21.7 Å². The molecule has 7 nitrogen and oxygen atoms in total. The minimum Gasteiger partial charge on any atom is -0.365 e. The summed E-state index contributed by atoms with van der Waals surface area (Å²) in [6.07, 6.45) is -1.34. The number of fused-ring (bicyclic) bond motifs is 1. The molecule has 0 spiro atoms. The standard InChI is InChI=1S/C16H14ClF2N5O2S/c1-6-3-9(14(18)19)22-16-11(6)12(13(27-16)15(20)26)23-10(25)5-24-7(2)8(17)4-21-24/h3-4,14H,5H2,1-2H3,(H2,20,26)(H,23,25). The van der Waals surface area contributed by atoms with E-state index in [4.69, 9.17) is 17.3 Å². The lowest BCUT2D eigenvalue weighted by Gasteiger charge is -2.09. The Hall–Kier alpha value is -2.59. The summed E-state index contributed by atoms with van der Waals surface area (Å²) in [6.45, 7) is 3.16. The number of halogens is 3. The van der Waals surface area contributed by atoms with E-state index in [-0.39, 0.29) is 21.9 Å². The highest BCUT2D eigenvalue weighted by atomic mass is 35.5. The van der Waals surface area contributed by atoms with Crippen LogP contribution in [0.4, 0.5) is 14.5 Å². The molecule has 0 aliphatic heterocycles. The molecule has 0 aromatic carbocycles. The highest BCUT2D eigenvalue weighted by Crippen LogP contribution is 2.38. The second kappa shape index (κ2) is 7.20. The van der Waals surface area contributed by atoms with E-state index in [1.807, 2.05) is 0 Å². The number of aromatic nitrogens is 3. The predicted molar refractivity (Wildman–Crippen MR) is 98.4 cm³/mol. The van der Waals surface area contributed by atoms with E-state index in [9.17, 15) is 18.4 Å². The number of nitrogens with zero attached hydrogens (tertiary/aromatic N) is 3. The zero-order valence-corrected chi connectivity index (χ0v) is 15.8. The van der Waals surface area contributed by atoms with Crippen LogP contribution in [0.15, 0.2) is 12.3 Å². The summed E-state index contributed by atoms with van der Waals surface area (Å²) >= 11 is 6.77. The van der Waals surface area contributed by atoms with E-state index < -0.39 is 23.9 Å². The third kappa shape index (κ3) is 3.62. The van der Waals surface area contributed by atoms with E-state index in [1.54, 1.807) is 13.8 Å². The smallest absolute Gasteiger partial charge is 0.280 e. The van der Waals surface area contributed by atoms with Crippen molar-refractivity contribution in [1.29, 1.82) is 0 Å². The normalized spacial score (nSPS) is 11.3. The number of carbonyl (C=O) groups excluding carboxylic acids is 2. The van der Waals surface area contributed by atoms with Crippen LogP contribution in [-0.4, -0.2) is 26.6 Å². The highest BCUT2D eigenvalue weighted by molar-refractivity contribution is 7.21. The van der Waals surface area contributed by atoms with Crippen LogP contribution in [0.5, 0.6) is 0 Å². The van der Waals surface area contributed by atoms with Crippen LogP contribution >= 0.6 is 22.9 Å². The second-order valence-corrected chi connectivity index (χ2v) is 7.21. The third-order valence-electron chi connectivity index (χ3n) is 3.93. The zero-order chi connectivity index (χ0) is 19.9. The van der Waals surface area contributed by atoms with Gasteiger partial charge in [0.25, 0.3) is 12.3 Å². The van der Waals surface area contributed by atoms with Gasteiger partial charge in [-0.1, -0.05) is 11.6 Å². The quantitative estimate of drug-likeness (QED) is 0.668. The molecule has 3 aromatic rings. The number of hydrogen-bond donors (Lipinski definition) is 2. The number of nitrogens with two attached hydrogens (primary N) is 1. The molecule has 0 saturated carbocycles. The van der Waals surface area contributed by atoms with Crippen LogP contribution in [0.3, 0.4) is 0 Å². The fourth-order valence-corrected chi connectivity index (χ4v) is 3.82. The highest BCUT2D eigenvalue weighted by Gasteiger charge is 2.23. The molecule has 0 bridgehead atoms. The maximum atomic E-state index is 13.0. The molecule has 3 rings (SSSR count). The van der Waals surface area contributed by atoms with Gasteiger partial charge in [0.15, 0.2) is 0 Å². The van der Waals surface area contributed by atoms with Crippen LogP contribution in [0.2, 0.25) is 5.02 Å². The molecule has 3 heterocycles. The SMILES string of the molecule is Cc1cc(C(F)F)nc2sc(C(N)=O)c(NC(=O)Cn3ncc(Cl)c3C)c12. The van der Waals surface area contributed by atoms with Gasteiger partial charge in [-0.25, -0.2) is 13.8 Å². The average Bonchev–Trinajstić information content (AvgIpc) is 3.10. The van der Waals surface area contributed by atoms with Crippen LogP contribution in [-0.2, 0) is 11.3 Å². The molecule has 27 heavy (non-hydrogen) atoms. The molecular formula is C16H14ClF2N5O2S. The number of amides is 2. The van der Waals surface area contributed by atoms with Gasteiger partial charge >= 0.3 is 0 Å². The van der Waals surface area contributed by atoms with Gasteiger partial charge in [-0.15, -0.1) is 11.3 Å². The number of carbonyl (C=O) groups is 2. The Morgan fingerprint density at radius 3 is 2.67 bits per heavy atom. The van der Waals surface area contributed by atoms with Crippen molar-refractivity contribution in [3.63, 3.8) is 0 Å². The molecule has 0 atom stereocenters. The summed E-state index contributed by atoms with van der Waals surface area (Å²) in [6, 6.07) is 1.22. The van der Waals surface area contributed by atoms with Gasteiger partial charge in [0.2, 0.25) is 5.91 Å². The number of hydrogen-bond acceptors (Lipinski definition) is 5. The number of primary amides is 1. The molecule has 0 aliphatic carbocycles. The molecule has 0 saturated heterocycles. The van der Waals surface area contributed by atoms with Gasteiger partial charge in [-0.2, -0.15) is 5.10 Å². The lowest BCUT2D eigenvalue weighted by atomic mass is 10.1. The third-order valence-corrected chi connectivity index (χ3v) is 5.40. The zero-order valence-electron chi connectivity index (χ0n) is 14.2. The van der Waals surface area contributed by atoms with Gasteiger partial charge in [-0.05, 0) is 25.5 Å². The molecule has 11 heteroatoms. The number of thiophene rings is 1. The Balaban J connectivity index is 2.01. The maximum Gasteiger partial charge on any atom is 0.280 e. The largest absolute Gasteiger partial charge is 0.365 e. The first-order chi connectivity index (χ1) is 12.7. The number of anilines is 1. The van der Waals surface area contributed by atoms with Crippen LogP contribution in [0.25, 0.3) is 10.2 Å². The van der Waals surface area contributed by atoms with Crippen molar-refractivity contribution < 1.29 is 18.4 Å². The summed E-state index contributed by atoms with van der Waals surface area (Å²) in [5.74, 6) is -1.26. The van der Waals surface area contributed by atoms with Crippen molar-refractivity contribution in [2.45, 2.75) is 26.8 Å². The molecule has 3 N–H and O–H groups in total. The summed E-state index contributed by atoms with van der Waals surface area (Å²) in [5.41, 5.74) is 6.21. The minimum atomic E-state index is -2.75. The number of pyridine rings is 1. The van der Waals surface area contributed by atoms with Gasteiger partial charge in [0, 0.05) is 5.39 Å². The average molecular weight is 414 g/mol. The van der Waals surface area contributed by atoms with E-state index >= 15 is 0 Å². The minimum absolute atomic E-state index is 0.0376. The molecule has 142 valence electrons. The molecule has 0 unspecified atom stereocenters. The van der Waals surface area contributed by atoms with Crippen molar-refractivity contribution >= 4 is 50.7 Å². The monoisotopic (exact) mass is 413 g/mol. The number of rotatable bonds is 5. The molecule has 0 aliphatic rings. The molecule has 3 aromatic heterocycles. The lowest BCUT2D eigenvalue weighted by Crippen LogP contribution is -2.22. The number of aryl methyl sites for hydroxylation is 1. The Labute approximate surface area is 161 Å². The first-order valence-electron chi connectivity index (χ1n) is 7.68. The van der Waals surface area contributed by atoms with Crippen LogP contribution < -0.4 is 11.1 Å². The molecule has 0 radical (unpaired) electrons. The van der Waals surface area contributed by atoms with Crippen molar-refractivity contribution in [2.24, 2.45) is 5.73 Å². The molecule has 0 fully saturated rings. The van der Waals surface area contributed by atoms with Crippen molar-refractivity contribution in [2.75, 3.05) is 5.32 Å². The van der Waals surface area contributed by atoms with E-state index in [2.05, 4.69) is 15.4 Å². The molecule has 2 amide bonds. The van der Waals surface area contributed by atoms with Gasteiger partial charge in [-0.3, -0.25) is 14.3 Å². The van der Waals surface area contributed by atoms with Gasteiger partial charge in [0.05, 0.1) is 22.6 Å². The first-order valence-corrected chi connectivity index (χ1v) is 8.88. The van der Waals surface area contributed by atoms with Crippen molar-refractivity contribution in [3.05, 3.63) is 39.1 Å². The second-order valence-electron chi connectivity index (χ2n) is 5.80. The fraction of sp³-hybridized carbons (Fsp3) is 0.250. The predicted octanol–water partition coefficient (Wildman–Crippen LogP) is 3.44. The summed E-state index contributed by atoms with van der Waals surface area (Å²) in [4.78, 5) is 28.4. The first kappa shape index (κ1) is 19.2. The van der Waals surface area contributed by atoms with Crippen LogP contribution in [0, 0.1) is 13.8 Å². The van der Waals surface area contributed by atoms with Crippen molar-refractivity contribution in [1.82, 2.24) is 14.8 Å². The Bertz CT molecular complexity index is 1060. The molecular weight excluding hydrogens is 400 g/mol. The van der Waals surface area contributed by atoms with E-state index in [0.717, 1.165) is 11.3 Å². The van der Waals surface area contributed by atoms with Crippen LogP contribution in [0.1, 0.15) is 33.0 Å². The van der Waals surface area contributed by atoms with Crippen molar-refractivity contribution in [3.8, 4) is 0 Å². The summed E-state index contributed by atoms with van der Waals surface area (Å²) in [5, 5.41) is 7.44. The number of nitrogens with one attached hydrogen (secondary N) is 1. The number of alkyl halides is 2. The lowest BCUT2D eigenvalue weighted by molar-refractivity contribution is -0.116. The van der Waals surface area contributed by atoms with Gasteiger partial charge in [0.1, 0.15) is 21.9 Å². The Kier molecular flexibility index (Phi) is 5.11. The topological polar surface area (TPSA) is 103 Å². The maximum absolute atomic E-state index is 13.0. The summed E-state index contributed by atoms with van der Waals surface area (Å²) < 4.78 is 27.4. The van der Waals surface area contributed by atoms with Gasteiger partial charge < -0.3 is 11.1 Å².